The van der Waals surface area contributed by atoms with Crippen LogP contribution in [0.4, 0.5) is 17.1 Å². The summed E-state index contributed by atoms with van der Waals surface area (Å²) in [5.74, 6) is 0. The number of rotatable bonds is 3. The van der Waals surface area contributed by atoms with E-state index in [0.717, 1.165) is 5.69 Å². The van der Waals surface area contributed by atoms with E-state index in [-0.39, 0.29) is 10.8 Å². The Morgan fingerprint density at radius 1 is 0.429 bits per heavy atom. The van der Waals surface area contributed by atoms with Crippen molar-refractivity contribution in [3.8, 4) is 11.1 Å². The van der Waals surface area contributed by atoms with Gasteiger partial charge in [0, 0.05) is 57.4 Å². The SMILES string of the molecule is CC1(C)c2ccc(N(c3ccccc3)c3ccc4sc5ccccc5c4c3)cc2-c2c(ccc3sc4cc5ccccc5cc4c23)C1(C)C. The molecule has 3 heteroatoms. The maximum absolute atomic E-state index is 2.48. The first-order valence-corrected chi connectivity index (χ1v) is 18.7. The Morgan fingerprint density at radius 3 is 1.88 bits per heavy atom. The van der Waals surface area contributed by atoms with Crippen molar-refractivity contribution in [2.75, 3.05) is 4.90 Å². The fraction of sp³-hybridized carbons (Fsp3) is 0.130. The van der Waals surface area contributed by atoms with Gasteiger partial charge < -0.3 is 4.90 Å². The first-order chi connectivity index (χ1) is 23.8. The monoisotopic (exact) mass is 665 g/mol. The van der Waals surface area contributed by atoms with Crippen molar-refractivity contribution in [2.24, 2.45) is 0 Å². The Balaban J connectivity index is 1.27. The Kier molecular flexibility index (Phi) is 6.08. The highest BCUT2D eigenvalue weighted by Crippen LogP contribution is 2.58. The molecule has 0 N–H and O–H groups in total. The zero-order chi connectivity index (χ0) is 33.1. The van der Waals surface area contributed by atoms with Crippen LogP contribution in [0, 0.1) is 0 Å². The molecule has 0 amide bonds. The van der Waals surface area contributed by atoms with Gasteiger partial charge in [-0.05, 0) is 111 Å². The summed E-state index contributed by atoms with van der Waals surface area (Å²) in [5, 5.41) is 7.97. The summed E-state index contributed by atoms with van der Waals surface area (Å²) in [7, 11) is 0. The third-order valence-electron chi connectivity index (χ3n) is 11.6. The predicted octanol–water partition coefficient (Wildman–Crippen LogP) is 14.3. The molecule has 49 heavy (non-hydrogen) atoms. The predicted molar refractivity (Wildman–Crippen MR) is 216 cm³/mol. The van der Waals surface area contributed by atoms with Gasteiger partial charge in [0.25, 0.3) is 0 Å². The van der Waals surface area contributed by atoms with Crippen LogP contribution in [0.2, 0.25) is 0 Å². The van der Waals surface area contributed by atoms with E-state index in [1.807, 2.05) is 22.7 Å². The summed E-state index contributed by atoms with van der Waals surface area (Å²) in [6.45, 7) is 9.75. The maximum Gasteiger partial charge on any atom is 0.0468 e. The molecule has 236 valence electrons. The molecular weight excluding hydrogens is 631 g/mol. The molecule has 0 unspecified atom stereocenters. The van der Waals surface area contributed by atoms with Gasteiger partial charge in [-0.1, -0.05) is 100 Å². The number of nitrogens with zero attached hydrogens (tertiary/aromatic N) is 1. The normalized spacial score (nSPS) is 14.9. The highest BCUT2D eigenvalue weighted by Gasteiger charge is 2.46. The number of hydrogen-bond acceptors (Lipinski definition) is 3. The molecule has 2 heterocycles. The van der Waals surface area contributed by atoms with Gasteiger partial charge in [0.1, 0.15) is 0 Å². The summed E-state index contributed by atoms with van der Waals surface area (Å²) >= 11 is 3.79. The number of benzene rings is 7. The van der Waals surface area contributed by atoms with Crippen molar-refractivity contribution < 1.29 is 0 Å². The van der Waals surface area contributed by atoms with Gasteiger partial charge in [0.2, 0.25) is 0 Å². The van der Waals surface area contributed by atoms with Crippen LogP contribution in [-0.4, -0.2) is 0 Å². The minimum Gasteiger partial charge on any atom is -0.310 e. The second-order valence-corrected chi connectivity index (χ2v) is 16.8. The van der Waals surface area contributed by atoms with E-state index in [4.69, 9.17) is 0 Å². The molecule has 0 aliphatic heterocycles. The minimum absolute atomic E-state index is 0.0691. The fourth-order valence-electron chi connectivity index (χ4n) is 8.33. The van der Waals surface area contributed by atoms with E-state index >= 15 is 0 Å². The molecule has 0 fully saturated rings. The maximum atomic E-state index is 2.48. The summed E-state index contributed by atoms with van der Waals surface area (Å²) in [6, 6.07) is 52.3. The first kappa shape index (κ1) is 29.0. The average molecular weight is 666 g/mol. The van der Waals surface area contributed by atoms with E-state index in [1.54, 1.807) is 0 Å². The lowest BCUT2D eigenvalue weighted by atomic mass is 9.55. The zero-order valence-electron chi connectivity index (χ0n) is 28.0. The van der Waals surface area contributed by atoms with Crippen LogP contribution in [0.25, 0.3) is 62.2 Å². The van der Waals surface area contributed by atoms with Crippen molar-refractivity contribution >= 4 is 90.9 Å². The van der Waals surface area contributed by atoms with Gasteiger partial charge >= 0.3 is 0 Å². The van der Waals surface area contributed by atoms with Gasteiger partial charge in [-0.25, -0.2) is 0 Å². The second kappa shape index (κ2) is 10.3. The molecule has 1 aliphatic carbocycles. The van der Waals surface area contributed by atoms with Gasteiger partial charge in [-0.3, -0.25) is 0 Å². The topological polar surface area (TPSA) is 3.24 Å². The summed E-state index contributed by atoms with van der Waals surface area (Å²) in [6.07, 6.45) is 0. The van der Waals surface area contributed by atoms with Crippen molar-refractivity contribution in [3.63, 3.8) is 0 Å². The van der Waals surface area contributed by atoms with E-state index < -0.39 is 0 Å². The van der Waals surface area contributed by atoms with E-state index in [1.165, 1.54) is 84.7 Å². The van der Waals surface area contributed by atoms with E-state index in [2.05, 4.69) is 172 Å². The van der Waals surface area contributed by atoms with Crippen molar-refractivity contribution in [3.05, 3.63) is 151 Å². The lowest BCUT2D eigenvalue weighted by Crippen LogP contribution is -2.43. The molecule has 0 bridgehead atoms. The van der Waals surface area contributed by atoms with Crippen molar-refractivity contribution in [1.82, 2.24) is 0 Å². The molecule has 1 nitrogen and oxygen atoms in total. The lowest BCUT2D eigenvalue weighted by molar-refractivity contribution is 0.299. The Morgan fingerprint density at radius 2 is 1.04 bits per heavy atom. The fourth-order valence-corrected chi connectivity index (χ4v) is 10.6. The molecule has 10 rings (SSSR count). The Bertz CT molecular complexity index is 2780. The van der Waals surface area contributed by atoms with Crippen molar-refractivity contribution in [1.29, 1.82) is 0 Å². The largest absolute Gasteiger partial charge is 0.310 e. The number of para-hydroxylation sites is 1. The van der Waals surface area contributed by atoms with E-state index in [0.29, 0.717) is 0 Å². The number of thiophene rings is 2. The summed E-state index contributed by atoms with van der Waals surface area (Å²) in [4.78, 5) is 2.44. The summed E-state index contributed by atoms with van der Waals surface area (Å²) in [5.41, 5.74) is 8.93. The van der Waals surface area contributed by atoms with Gasteiger partial charge in [0.15, 0.2) is 0 Å². The number of fused-ring (bicyclic) bond motifs is 11. The van der Waals surface area contributed by atoms with Crippen LogP contribution < -0.4 is 4.90 Å². The number of hydrogen-bond donors (Lipinski definition) is 0. The van der Waals surface area contributed by atoms with Gasteiger partial charge in [-0.2, -0.15) is 0 Å². The Labute approximate surface area is 294 Å². The molecule has 7 aromatic carbocycles. The van der Waals surface area contributed by atoms with Crippen LogP contribution in [0.3, 0.4) is 0 Å². The van der Waals surface area contributed by atoms with Crippen LogP contribution >= 0.6 is 22.7 Å². The van der Waals surface area contributed by atoms with Crippen LogP contribution in [0.15, 0.2) is 140 Å². The molecule has 0 radical (unpaired) electrons. The first-order valence-electron chi connectivity index (χ1n) is 17.1. The Hall–Kier alpha value is -4.96. The molecule has 0 saturated heterocycles. The number of anilines is 3. The molecule has 1 aliphatic rings. The van der Waals surface area contributed by atoms with Crippen molar-refractivity contribution in [2.45, 2.75) is 38.5 Å². The second-order valence-electron chi connectivity index (χ2n) is 14.6. The molecule has 0 saturated carbocycles. The minimum atomic E-state index is -0.0772. The summed E-state index contributed by atoms with van der Waals surface area (Å²) < 4.78 is 5.35. The third kappa shape index (κ3) is 4.10. The smallest absolute Gasteiger partial charge is 0.0468 e. The van der Waals surface area contributed by atoms with Crippen LogP contribution in [0.1, 0.15) is 38.8 Å². The quantitative estimate of drug-likeness (QED) is 0.182. The third-order valence-corrected chi connectivity index (χ3v) is 13.8. The molecule has 0 atom stereocenters. The molecular formula is C46H35NS2. The average Bonchev–Trinajstić information content (AvgIpc) is 3.67. The van der Waals surface area contributed by atoms with Crippen LogP contribution in [-0.2, 0) is 10.8 Å². The highest BCUT2D eigenvalue weighted by molar-refractivity contribution is 7.26. The zero-order valence-corrected chi connectivity index (χ0v) is 29.7. The van der Waals surface area contributed by atoms with Gasteiger partial charge in [0.05, 0.1) is 0 Å². The molecule has 9 aromatic rings. The standard InChI is InChI=1S/C46H35NS2/c1-45(2)37-20-18-31(47(30-14-6-5-7-15-30)32-19-22-40-34(26-32)33-16-10-11-17-39(33)48-40)27-35(37)43-38(46(45,3)4)21-23-41-44(43)36-24-28-12-8-9-13-29(28)25-42(36)49-41/h5-27H,1-4H3. The molecule has 0 spiro atoms. The van der Waals surface area contributed by atoms with Crippen LogP contribution in [0.5, 0.6) is 0 Å². The lowest BCUT2D eigenvalue weighted by Gasteiger charge is -2.48. The molecule has 2 aromatic heterocycles. The highest BCUT2D eigenvalue weighted by atomic mass is 32.1. The van der Waals surface area contributed by atoms with Gasteiger partial charge in [-0.15, -0.1) is 22.7 Å². The van der Waals surface area contributed by atoms with E-state index in [9.17, 15) is 0 Å².